The average Bonchev–Trinajstić information content (AvgIpc) is 2.47. The van der Waals surface area contributed by atoms with Crippen LogP contribution in [0.2, 0.25) is 0 Å². The lowest BCUT2D eigenvalue weighted by Gasteiger charge is -2.18. The lowest BCUT2D eigenvalue weighted by Crippen LogP contribution is -2.16. The summed E-state index contributed by atoms with van der Waals surface area (Å²) in [5, 5.41) is 0. The standard InChI is InChI=1S/C17H20BrNO/c1-13-4-2-3-5-17(13)14(12-19)10-11-20-16-8-6-15(18)7-9-16/h2-9,14H,10-12,19H2,1H3. The van der Waals surface area contributed by atoms with E-state index in [0.717, 1.165) is 16.6 Å². The van der Waals surface area contributed by atoms with Gasteiger partial charge in [-0.25, -0.2) is 0 Å². The molecule has 0 aromatic heterocycles. The summed E-state index contributed by atoms with van der Waals surface area (Å²) in [7, 11) is 0. The Labute approximate surface area is 129 Å². The Morgan fingerprint density at radius 2 is 1.80 bits per heavy atom. The van der Waals surface area contributed by atoms with E-state index in [9.17, 15) is 0 Å². The van der Waals surface area contributed by atoms with Gasteiger partial charge in [0.2, 0.25) is 0 Å². The smallest absolute Gasteiger partial charge is 0.119 e. The third-order valence-electron chi connectivity index (χ3n) is 3.46. The van der Waals surface area contributed by atoms with Crippen molar-refractivity contribution in [3.05, 3.63) is 64.1 Å². The third-order valence-corrected chi connectivity index (χ3v) is 3.99. The van der Waals surface area contributed by atoms with Gasteiger partial charge < -0.3 is 10.5 Å². The maximum Gasteiger partial charge on any atom is 0.119 e. The second-order valence-electron chi connectivity index (χ2n) is 4.88. The van der Waals surface area contributed by atoms with E-state index in [1.54, 1.807) is 0 Å². The van der Waals surface area contributed by atoms with Crippen LogP contribution in [0.4, 0.5) is 0 Å². The van der Waals surface area contributed by atoms with Gasteiger partial charge in [0, 0.05) is 4.47 Å². The number of hydrogen-bond acceptors (Lipinski definition) is 2. The molecule has 0 spiro atoms. The van der Waals surface area contributed by atoms with E-state index in [4.69, 9.17) is 10.5 Å². The summed E-state index contributed by atoms with van der Waals surface area (Å²) in [6.07, 6.45) is 0.928. The summed E-state index contributed by atoms with van der Waals surface area (Å²) in [6, 6.07) is 16.3. The normalized spacial score (nSPS) is 12.2. The monoisotopic (exact) mass is 333 g/mol. The van der Waals surface area contributed by atoms with Crippen molar-refractivity contribution in [3.8, 4) is 5.75 Å². The molecule has 0 aliphatic heterocycles. The van der Waals surface area contributed by atoms with Gasteiger partial charge in [0.25, 0.3) is 0 Å². The highest BCUT2D eigenvalue weighted by Gasteiger charge is 2.11. The SMILES string of the molecule is Cc1ccccc1C(CN)CCOc1ccc(Br)cc1. The molecule has 2 nitrogen and oxygen atoms in total. The molecule has 0 radical (unpaired) electrons. The Kier molecular flexibility index (Phi) is 5.62. The zero-order valence-corrected chi connectivity index (χ0v) is 13.3. The molecule has 2 aromatic rings. The van der Waals surface area contributed by atoms with Crippen molar-refractivity contribution in [2.75, 3.05) is 13.2 Å². The number of ether oxygens (including phenoxy) is 1. The van der Waals surface area contributed by atoms with Crippen LogP contribution in [-0.4, -0.2) is 13.2 Å². The van der Waals surface area contributed by atoms with Crippen molar-refractivity contribution in [1.82, 2.24) is 0 Å². The Balaban J connectivity index is 1.91. The molecule has 0 saturated heterocycles. The molecule has 2 N–H and O–H groups in total. The fourth-order valence-corrected chi connectivity index (χ4v) is 2.56. The van der Waals surface area contributed by atoms with E-state index in [-0.39, 0.29) is 0 Å². The number of nitrogens with two attached hydrogens (primary N) is 1. The summed E-state index contributed by atoms with van der Waals surface area (Å²) in [6.45, 7) is 3.46. The van der Waals surface area contributed by atoms with Crippen LogP contribution in [0.3, 0.4) is 0 Å². The minimum atomic E-state index is 0.353. The van der Waals surface area contributed by atoms with Gasteiger partial charge in [0.1, 0.15) is 5.75 Å². The van der Waals surface area contributed by atoms with Crippen molar-refractivity contribution in [2.45, 2.75) is 19.3 Å². The van der Waals surface area contributed by atoms with Crippen molar-refractivity contribution in [3.63, 3.8) is 0 Å². The van der Waals surface area contributed by atoms with E-state index < -0.39 is 0 Å². The molecule has 0 bridgehead atoms. The first kappa shape index (κ1) is 15.1. The first-order valence-corrected chi connectivity index (χ1v) is 7.64. The molecule has 0 saturated carbocycles. The molecule has 0 aliphatic rings. The number of hydrogen-bond donors (Lipinski definition) is 1. The summed E-state index contributed by atoms with van der Waals surface area (Å²) in [5.41, 5.74) is 8.54. The molecule has 20 heavy (non-hydrogen) atoms. The number of halogens is 1. The zero-order chi connectivity index (χ0) is 14.4. The molecule has 0 amide bonds. The largest absolute Gasteiger partial charge is 0.494 e. The van der Waals surface area contributed by atoms with Crippen molar-refractivity contribution in [2.24, 2.45) is 5.73 Å². The van der Waals surface area contributed by atoms with E-state index in [2.05, 4.69) is 47.1 Å². The van der Waals surface area contributed by atoms with Gasteiger partial charge in [0.15, 0.2) is 0 Å². The predicted octanol–water partition coefficient (Wildman–Crippen LogP) is 4.27. The van der Waals surface area contributed by atoms with Crippen molar-refractivity contribution < 1.29 is 4.74 Å². The highest BCUT2D eigenvalue weighted by atomic mass is 79.9. The van der Waals surface area contributed by atoms with Crippen LogP contribution in [-0.2, 0) is 0 Å². The maximum atomic E-state index is 5.91. The Morgan fingerprint density at radius 3 is 2.45 bits per heavy atom. The van der Waals surface area contributed by atoms with Crippen LogP contribution in [0.1, 0.15) is 23.5 Å². The van der Waals surface area contributed by atoms with Crippen LogP contribution >= 0.6 is 15.9 Å². The minimum Gasteiger partial charge on any atom is -0.494 e. The molecule has 3 heteroatoms. The number of aryl methyl sites for hydroxylation is 1. The number of benzene rings is 2. The highest BCUT2D eigenvalue weighted by molar-refractivity contribution is 9.10. The average molecular weight is 334 g/mol. The van der Waals surface area contributed by atoms with Crippen molar-refractivity contribution in [1.29, 1.82) is 0 Å². The third kappa shape index (κ3) is 4.09. The molecule has 1 atom stereocenters. The Bertz CT molecular complexity index is 539. The Hall–Kier alpha value is -1.32. The van der Waals surface area contributed by atoms with E-state index in [0.29, 0.717) is 19.1 Å². The second-order valence-corrected chi connectivity index (χ2v) is 5.80. The Morgan fingerprint density at radius 1 is 1.10 bits per heavy atom. The summed E-state index contributed by atoms with van der Waals surface area (Å²) in [5.74, 6) is 1.25. The molecular formula is C17H20BrNO. The molecule has 106 valence electrons. The van der Waals surface area contributed by atoms with Crippen molar-refractivity contribution >= 4 is 15.9 Å². The molecule has 0 aliphatic carbocycles. The minimum absolute atomic E-state index is 0.353. The van der Waals surface area contributed by atoms with Crippen LogP contribution in [0, 0.1) is 6.92 Å². The highest BCUT2D eigenvalue weighted by Crippen LogP contribution is 2.23. The second kappa shape index (κ2) is 7.46. The molecule has 0 fully saturated rings. The van der Waals surface area contributed by atoms with Crippen LogP contribution in [0.15, 0.2) is 53.0 Å². The van der Waals surface area contributed by atoms with Gasteiger partial charge in [0.05, 0.1) is 6.61 Å². The molecule has 2 rings (SSSR count). The molecule has 1 unspecified atom stereocenters. The van der Waals surface area contributed by atoms with Crippen LogP contribution < -0.4 is 10.5 Å². The topological polar surface area (TPSA) is 35.2 Å². The van der Waals surface area contributed by atoms with Gasteiger partial charge in [-0.15, -0.1) is 0 Å². The van der Waals surface area contributed by atoms with Gasteiger partial charge in [-0.3, -0.25) is 0 Å². The van der Waals surface area contributed by atoms with Crippen LogP contribution in [0.5, 0.6) is 5.75 Å². The van der Waals surface area contributed by atoms with Gasteiger partial charge >= 0.3 is 0 Å². The fraction of sp³-hybridized carbons (Fsp3) is 0.294. The molecule has 2 aromatic carbocycles. The van der Waals surface area contributed by atoms with Gasteiger partial charge in [-0.05, 0) is 61.2 Å². The summed E-state index contributed by atoms with van der Waals surface area (Å²) >= 11 is 3.41. The molecular weight excluding hydrogens is 314 g/mol. The predicted molar refractivity (Wildman–Crippen MR) is 87.2 cm³/mol. The van der Waals surface area contributed by atoms with E-state index in [1.807, 2.05) is 24.3 Å². The van der Waals surface area contributed by atoms with E-state index in [1.165, 1.54) is 11.1 Å². The quantitative estimate of drug-likeness (QED) is 0.856. The maximum absolute atomic E-state index is 5.91. The zero-order valence-electron chi connectivity index (χ0n) is 11.7. The summed E-state index contributed by atoms with van der Waals surface area (Å²) in [4.78, 5) is 0. The number of rotatable bonds is 6. The fourth-order valence-electron chi connectivity index (χ4n) is 2.30. The van der Waals surface area contributed by atoms with E-state index >= 15 is 0 Å². The summed E-state index contributed by atoms with van der Waals surface area (Å²) < 4.78 is 6.84. The van der Waals surface area contributed by atoms with Gasteiger partial charge in [-0.1, -0.05) is 40.2 Å². The lowest BCUT2D eigenvalue weighted by atomic mass is 9.92. The lowest BCUT2D eigenvalue weighted by molar-refractivity contribution is 0.298. The first-order chi connectivity index (χ1) is 9.70. The van der Waals surface area contributed by atoms with Gasteiger partial charge in [-0.2, -0.15) is 0 Å². The first-order valence-electron chi connectivity index (χ1n) is 6.84. The van der Waals surface area contributed by atoms with Crippen LogP contribution in [0.25, 0.3) is 0 Å². The molecule has 0 heterocycles.